The zero-order valence-electron chi connectivity index (χ0n) is 15.8. The third-order valence-electron chi connectivity index (χ3n) is 4.82. The minimum Gasteiger partial charge on any atom is -0.307 e. The van der Waals surface area contributed by atoms with Crippen LogP contribution < -0.4 is 10.2 Å². The molecule has 0 bridgehead atoms. The number of halogens is 2. The first-order valence-corrected chi connectivity index (χ1v) is 9.98. The van der Waals surface area contributed by atoms with Gasteiger partial charge in [0.05, 0.1) is 6.54 Å². The van der Waals surface area contributed by atoms with Gasteiger partial charge in [-0.25, -0.2) is 18.9 Å². The molecule has 1 aliphatic heterocycles. The molecular formula is C21H21ClFN5O. The number of carbonyl (C=O) groups excluding carboxylic acids is 1. The van der Waals surface area contributed by atoms with Crippen molar-refractivity contribution in [2.45, 2.75) is 38.8 Å². The summed E-state index contributed by atoms with van der Waals surface area (Å²) in [6.07, 6.45) is 4.23. The zero-order chi connectivity index (χ0) is 20.2. The highest BCUT2D eigenvalue weighted by atomic mass is 35.5. The lowest BCUT2D eigenvalue weighted by Gasteiger charge is -2.22. The number of hydrogen-bond donors (Lipinski definition) is 1. The molecule has 4 rings (SSSR count). The molecule has 0 radical (unpaired) electrons. The van der Waals surface area contributed by atoms with E-state index >= 15 is 0 Å². The van der Waals surface area contributed by atoms with E-state index in [1.807, 2.05) is 4.68 Å². The van der Waals surface area contributed by atoms with Crippen LogP contribution in [0.2, 0.25) is 5.02 Å². The van der Waals surface area contributed by atoms with E-state index in [2.05, 4.69) is 15.4 Å². The van der Waals surface area contributed by atoms with Gasteiger partial charge in [0.1, 0.15) is 11.6 Å². The molecule has 2 heterocycles. The van der Waals surface area contributed by atoms with Gasteiger partial charge in [-0.05, 0) is 55.3 Å². The highest BCUT2D eigenvalue weighted by Gasteiger charge is 2.21. The third-order valence-corrected chi connectivity index (χ3v) is 5.06. The fourth-order valence-electron chi connectivity index (χ4n) is 3.38. The number of rotatable bonds is 4. The highest BCUT2D eigenvalue weighted by Crippen LogP contribution is 2.21. The highest BCUT2D eigenvalue weighted by molar-refractivity contribution is 6.30. The number of nitrogens with one attached hydrogen (secondary N) is 1. The first kappa shape index (κ1) is 19.4. The predicted octanol–water partition coefficient (Wildman–Crippen LogP) is 5.04. The minimum absolute atomic E-state index is 0.179. The van der Waals surface area contributed by atoms with Gasteiger partial charge < -0.3 is 5.32 Å². The van der Waals surface area contributed by atoms with Gasteiger partial charge >= 0.3 is 6.03 Å². The lowest BCUT2D eigenvalue weighted by atomic mass is 10.2. The van der Waals surface area contributed by atoms with E-state index in [1.54, 1.807) is 36.4 Å². The summed E-state index contributed by atoms with van der Waals surface area (Å²) in [6.45, 7) is 1.02. The molecule has 0 aliphatic carbocycles. The van der Waals surface area contributed by atoms with Crippen molar-refractivity contribution in [3.63, 3.8) is 0 Å². The molecule has 0 atom stereocenters. The summed E-state index contributed by atoms with van der Waals surface area (Å²) in [5, 5.41) is 7.94. The average molecular weight is 414 g/mol. The van der Waals surface area contributed by atoms with Gasteiger partial charge in [0.25, 0.3) is 0 Å². The van der Waals surface area contributed by atoms with Gasteiger partial charge in [-0.15, -0.1) is 0 Å². The maximum absolute atomic E-state index is 13.4. The molecule has 8 heteroatoms. The van der Waals surface area contributed by atoms with Crippen LogP contribution in [0.4, 0.5) is 20.6 Å². The number of nitrogens with zero attached hydrogens (tertiary/aromatic N) is 4. The van der Waals surface area contributed by atoms with Gasteiger partial charge in [0.2, 0.25) is 0 Å². The van der Waals surface area contributed by atoms with Crippen molar-refractivity contribution in [3.8, 4) is 0 Å². The van der Waals surface area contributed by atoms with Crippen molar-refractivity contribution < 1.29 is 9.18 Å². The van der Waals surface area contributed by atoms with Crippen LogP contribution in [0.3, 0.4) is 0 Å². The standard InChI is InChI=1S/C21H21ClFN5O/c22-15-5-4-6-17(13-15)24-21(29)27(18-10-8-16(23)9-11-18)14-19-25-20-7-2-1-3-12-28(20)26-19/h4-6,8-11,13H,1-3,7,12,14H2,(H,24,29). The summed E-state index contributed by atoms with van der Waals surface area (Å²) in [7, 11) is 0. The number of urea groups is 1. The molecule has 150 valence electrons. The lowest BCUT2D eigenvalue weighted by molar-refractivity contribution is 0.256. The number of benzene rings is 2. The Balaban J connectivity index is 1.60. The molecule has 0 spiro atoms. The average Bonchev–Trinajstić information content (AvgIpc) is 2.95. The number of aromatic nitrogens is 3. The quantitative estimate of drug-likeness (QED) is 0.652. The van der Waals surface area contributed by atoms with Crippen LogP contribution >= 0.6 is 11.6 Å². The van der Waals surface area contributed by atoms with Crippen LogP contribution in [0.1, 0.15) is 30.9 Å². The fourth-order valence-corrected chi connectivity index (χ4v) is 3.57. The number of amides is 2. The van der Waals surface area contributed by atoms with Crippen LogP contribution in [0.25, 0.3) is 0 Å². The van der Waals surface area contributed by atoms with Gasteiger partial charge in [-0.2, -0.15) is 5.10 Å². The largest absolute Gasteiger partial charge is 0.326 e. The van der Waals surface area contributed by atoms with Crippen molar-refractivity contribution >= 4 is 29.0 Å². The van der Waals surface area contributed by atoms with Crippen LogP contribution in [-0.2, 0) is 19.5 Å². The van der Waals surface area contributed by atoms with Crippen LogP contribution in [0.5, 0.6) is 0 Å². The zero-order valence-corrected chi connectivity index (χ0v) is 16.6. The van der Waals surface area contributed by atoms with Crippen molar-refractivity contribution in [3.05, 3.63) is 71.0 Å². The number of anilines is 2. The van der Waals surface area contributed by atoms with Crippen LogP contribution in [-0.4, -0.2) is 20.8 Å². The minimum atomic E-state index is -0.371. The van der Waals surface area contributed by atoms with E-state index in [1.165, 1.54) is 23.5 Å². The van der Waals surface area contributed by atoms with E-state index in [9.17, 15) is 9.18 Å². The van der Waals surface area contributed by atoms with E-state index in [-0.39, 0.29) is 18.4 Å². The normalized spacial score (nSPS) is 13.4. The topological polar surface area (TPSA) is 63.1 Å². The summed E-state index contributed by atoms with van der Waals surface area (Å²) >= 11 is 6.01. The van der Waals surface area contributed by atoms with Gasteiger partial charge in [-0.1, -0.05) is 24.1 Å². The van der Waals surface area contributed by atoms with E-state index in [0.29, 0.717) is 22.2 Å². The van der Waals surface area contributed by atoms with Crippen LogP contribution in [0, 0.1) is 5.82 Å². The predicted molar refractivity (Wildman–Crippen MR) is 111 cm³/mol. The molecule has 0 saturated heterocycles. The number of hydrogen-bond acceptors (Lipinski definition) is 3. The summed E-state index contributed by atoms with van der Waals surface area (Å²) in [6, 6.07) is 12.3. The second-order valence-corrected chi connectivity index (χ2v) is 7.42. The number of carbonyl (C=O) groups is 1. The Bertz CT molecular complexity index is 981. The summed E-state index contributed by atoms with van der Waals surface area (Å²) in [5.41, 5.74) is 1.12. The second-order valence-electron chi connectivity index (χ2n) is 6.98. The maximum atomic E-state index is 13.4. The lowest BCUT2D eigenvalue weighted by Crippen LogP contribution is -2.35. The van der Waals surface area contributed by atoms with Crippen molar-refractivity contribution in [1.82, 2.24) is 14.8 Å². The smallest absolute Gasteiger partial charge is 0.307 e. The Morgan fingerprint density at radius 3 is 2.79 bits per heavy atom. The van der Waals surface area contributed by atoms with Crippen molar-refractivity contribution in [2.75, 3.05) is 10.2 Å². The molecule has 1 aromatic heterocycles. The van der Waals surface area contributed by atoms with Crippen molar-refractivity contribution in [1.29, 1.82) is 0 Å². The number of fused-ring (bicyclic) bond motifs is 1. The molecule has 0 unspecified atom stereocenters. The van der Waals surface area contributed by atoms with Crippen LogP contribution in [0.15, 0.2) is 48.5 Å². The third kappa shape index (κ3) is 4.74. The molecule has 6 nitrogen and oxygen atoms in total. The van der Waals surface area contributed by atoms with Gasteiger partial charge in [0.15, 0.2) is 5.82 Å². The SMILES string of the molecule is O=C(Nc1cccc(Cl)c1)N(Cc1nc2n(n1)CCCCC2)c1ccc(F)cc1. The first-order valence-electron chi connectivity index (χ1n) is 9.61. The summed E-state index contributed by atoms with van der Waals surface area (Å²) < 4.78 is 15.3. The first-order chi connectivity index (χ1) is 14.1. The Morgan fingerprint density at radius 1 is 1.17 bits per heavy atom. The molecule has 1 aliphatic rings. The monoisotopic (exact) mass is 413 g/mol. The van der Waals surface area contributed by atoms with Gasteiger partial charge in [0, 0.05) is 29.4 Å². The summed E-state index contributed by atoms with van der Waals surface area (Å²) in [5.74, 6) is 1.15. The molecule has 2 aromatic carbocycles. The Labute approximate surface area is 173 Å². The molecule has 2 amide bonds. The fraction of sp³-hybridized carbons (Fsp3) is 0.286. The van der Waals surface area contributed by atoms with Gasteiger partial charge in [-0.3, -0.25) is 4.90 Å². The Kier molecular flexibility index (Phi) is 5.76. The second kappa shape index (κ2) is 8.61. The molecule has 3 aromatic rings. The molecule has 0 saturated carbocycles. The Hall–Kier alpha value is -2.93. The molecule has 0 fully saturated rings. The number of aryl methyl sites for hydroxylation is 2. The van der Waals surface area contributed by atoms with E-state index in [4.69, 9.17) is 11.6 Å². The van der Waals surface area contributed by atoms with Crippen molar-refractivity contribution in [2.24, 2.45) is 0 Å². The van der Waals surface area contributed by atoms with E-state index < -0.39 is 0 Å². The molecular weight excluding hydrogens is 393 g/mol. The molecule has 1 N–H and O–H groups in total. The Morgan fingerprint density at radius 2 is 2.00 bits per heavy atom. The maximum Gasteiger partial charge on any atom is 0.326 e. The summed E-state index contributed by atoms with van der Waals surface area (Å²) in [4.78, 5) is 19.2. The van der Waals surface area contributed by atoms with E-state index in [0.717, 1.165) is 31.6 Å². The molecule has 29 heavy (non-hydrogen) atoms.